The number of carbonyl (C=O) groups is 1. The minimum atomic E-state index is -1.29. The maximum absolute atomic E-state index is 10.6. The molecular weight excluding hydrogens is 341 g/mol. The van der Waals surface area contributed by atoms with E-state index in [4.69, 9.17) is 5.73 Å². The Balaban J connectivity index is 2.73. The Kier molecular flexibility index (Phi) is 4.63. The predicted molar refractivity (Wildman–Crippen MR) is 69.5 cm³/mol. The molecule has 0 bridgehead atoms. The minimum absolute atomic E-state index is 0.0181. The van der Waals surface area contributed by atoms with Gasteiger partial charge in [0.25, 0.3) is 5.69 Å². The number of non-ortho nitro benzene ring substituents is 1. The summed E-state index contributed by atoms with van der Waals surface area (Å²) in [6.45, 7) is -0.0385. The molecule has 0 radical (unpaired) electrons. The second-order valence-electron chi connectivity index (χ2n) is 3.22. The second-order valence-corrected chi connectivity index (χ2v) is 4.38. The lowest BCUT2D eigenvalue weighted by atomic mass is 10.2. The van der Waals surface area contributed by atoms with E-state index in [0.29, 0.717) is 9.26 Å². The van der Waals surface area contributed by atoms with Crippen LogP contribution in [0.5, 0.6) is 0 Å². The van der Waals surface area contributed by atoms with E-state index >= 15 is 0 Å². The van der Waals surface area contributed by atoms with Crippen molar-refractivity contribution in [3.63, 3.8) is 0 Å². The summed E-state index contributed by atoms with van der Waals surface area (Å²) in [5, 5.41) is 22.5. The molecule has 1 aromatic carbocycles. The number of hydrogen-bond acceptors (Lipinski definition) is 5. The van der Waals surface area contributed by atoms with Gasteiger partial charge in [-0.25, -0.2) is 0 Å². The molecule has 1 unspecified atom stereocenters. The van der Waals surface area contributed by atoms with E-state index in [2.05, 4.69) is 5.32 Å². The smallest absolute Gasteiger partial charge is 0.270 e. The number of nitro groups is 1. The zero-order chi connectivity index (χ0) is 13.0. The summed E-state index contributed by atoms with van der Waals surface area (Å²) in [7, 11) is 0. The standard InChI is InChI=1S/C9H10IN3O4/c10-6-3-5(13(16)17)1-2-7(6)12-4-8(14)9(11)15/h1-3,8,12,14H,4H2,(H2,11,15). The fourth-order valence-corrected chi connectivity index (χ4v) is 1.76. The van der Waals surface area contributed by atoms with Crippen molar-refractivity contribution in [3.8, 4) is 0 Å². The van der Waals surface area contributed by atoms with E-state index in [0.717, 1.165) is 0 Å². The van der Waals surface area contributed by atoms with Crippen LogP contribution in [0.3, 0.4) is 0 Å². The molecule has 1 rings (SSSR count). The summed E-state index contributed by atoms with van der Waals surface area (Å²) in [6.07, 6.45) is -1.29. The Morgan fingerprint density at radius 3 is 2.76 bits per heavy atom. The van der Waals surface area contributed by atoms with E-state index in [1.807, 2.05) is 22.6 Å². The molecule has 0 spiro atoms. The molecule has 7 nitrogen and oxygen atoms in total. The topological polar surface area (TPSA) is 118 Å². The quantitative estimate of drug-likeness (QED) is 0.405. The zero-order valence-electron chi connectivity index (χ0n) is 8.59. The summed E-state index contributed by atoms with van der Waals surface area (Å²) < 4.78 is 0.619. The number of anilines is 1. The lowest BCUT2D eigenvalue weighted by molar-refractivity contribution is -0.384. The molecule has 0 aromatic heterocycles. The van der Waals surface area contributed by atoms with Gasteiger partial charge in [0.15, 0.2) is 0 Å². The summed E-state index contributed by atoms with van der Waals surface area (Å²) in [6, 6.07) is 4.23. The Hall–Kier alpha value is -1.42. The van der Waals surface area contributed by atoms with E-state index in [-0.39, 0.29) is 12.2 Å². The summed E-state index contributed by atoms with van der Waals surface area (Å²) >= 11 is 1.92. The van der Waals surface area contributed by atoms with Crippen LogP contribution in [0, 0.1) is 13.7 Å². The Morgan fingerprint density at radius 2 is 2.29 bits per heavy atom. The van der Waals surface area contributed by atoms with Crippen molar-refractivity contribution < 1.29 is 14.8 Å². The largest absolute Gasteiger partial charge is 0.381 e. The molecule has 0 saturated carbocycles. The van der Waals surface area contributed by atoms with Crippen LogP contribution in [-0.4, -0.2) is 28.6 Å². The molecule has 0 aliphatic heterocycles. The number of benzene rings is 1. The highest BCUT2D eigenvalue weighted by atomic mass is 127. The number of amides is 1. The Morgan fingerprint density at radius 1 is 1.65 bits per heavy atom. The van der Waals surface area contributed by atoms with Gasteiger partial charge < -0.3 is 16.2 Å². The van der Waals surface area contributed by atoms with Crippen molar-refractivity contribution in [2.45, 2.75) is 6.10 Å². The highest BCUT2D eigenvalue weighted by Crippen LogP contribution is 2.23. The van der Waals surface area contributed by atoms with E-state index in [1.54, 1.807) is 0 Å². The third-order valence-electron chi connectivity index (χ3n) is 1.98. The average Bonchev–Trinajstić information content (AvgIpc) is 2.26. The highest BCUT2D eigenvalue weighted by molar-refractivity contribution is 14.1. The van der Waals surface area contributed by atoms with Crippen LogP contribution in [0.25, 0.3) is 0 Å². The van der Waals surface area contributed by atoms with Crippen LogP contribution in [0.2, 0.25) is 0 Å². The number of nitrogens with two attached hydrogens (primary N) is 1. The van der Waals surface area contributed by atoms with Crippen LogP contribution >= 0.6 is 22.6 Å². The number of primary amides is 1. The van der Waals surface area contributed by atoms with Crippen molar-refractivity contribution in [1.29, 1.82) is 0 Å². The number of aliphatic hydroxyl groups excluding tert-OH is 1. The van der Waals surface area contributed by atoms with Gasteiger partial charge in [-0.15, -0.1) is 0 Å². The molecule has 4 N–H and O–H groups in total. The number of aliphatic hydroxyl groups is 1. The number of hydrogen-bond donors (Lipinski definition) is 3. The molecule has 1 atom stereocenters. The minimum Gasteiger partial charge on any atom is -0.381 e. The van der Waals surface area contributed by atoms with Crippen LogP contribution in [0.1, 0.15) is 0 Å². The monoisotopic (exact) mass is 351 g/mol. The number of nitro benzene ring substituents is 1. The number of nitrogens with one attached hydrogen (secondary N) is 1. The zero-order valence-corrected chi connectivity index (χ0v) is 10.7. The van der Waals surface area contributed by atoms with Gasteiger partial charge >= 0.3 is 0 Å². The summed E-state index contributed by atoms with van der Waals surface area (Å²) in [5.41, 5.74) is 5.46. The van der Waals surface area contributed by atoms with Crippen LogP contribution in [0.4, 0.5) is 11.4 Å². The predicted octanol–water partition coefficient (Wildman–Crippen LogP) is 0.457. The van der Waals surface area contributed by atoms with Gasteiger partial charge in [-0.3, -0.25) is 14.9 Å². The molecule has 0 heterocycles. The summed E-state index contributed by atoms with van der Waals surface area (Å²) in [4.78, 5) is 20.6. The molecule has 1 aromatic rings. The second kappa shape index (κ2) is 5.77. The SMILES string of the molecule is NC(=O)C(O)CNc1ccc([N+](=O)[O-])cc1I. The lowest BCUT2D eigenvalue weighted by Gasteiger charge is -2.10. The van der Waals surface area contributed by atoms with Crippen molar-refractivity contribution in [2.24, 2.45) is 5.73 Å². The van der Waals surface area contributed by atoms with Crippen molar-refractivity contribution in [2.75, 3.05) is 11.9 Å². The number of carbonyl (C=O) groups excluding carboxylic acids is 1. The van der Waals surface area contributed by atoms with Crippen LogP contribution in [0.15, 0.2) is 18.2 Å². The number of rotatable bonds is 5. The molecule has 92 valence electrons. The fraction of sp³-hybridized carbons (Fsp3) is 0.222. The van der Waals surface area contributed by atoms with E-state index in [9.17, 15) is 20.0 Å². The van der Waals surface area contributed by atoms with Gasteiger partial charge in [0.05, 0.1) is 4.92 Å². The highest BCUT2D eigenvalue weighted by Gasteiger charge is 2.12. The first-order chi connectivity index (χ1) is 7.91. The lowest BCUT2D eigenvalue weighted by Crippen LogP contribution is -2.34. The van der Waals surface area contributed by atoms with Crippen molar-refractivity contribution in [3.05, 3.63) is 31.9 Å². The van der Waals surface area contributed by atoms with Gasteiger partial charge in [0.1, 0.15) is 6.10 Å². The molecule has 8 heteroatoms. The maximum atomic E-state index is 10.6. The van der Waals surface area contributed by atoms with Crippen LogP contribution < -0.4 is 11.1 Å². The first-order valence-electron chi connectivity index (χ1n) is 4.57. The molecule has 1 amide bonds. The molecule has 17 heavy (non-hydrogen) atoms. The molecule has 0 aliphatic rings. The van der Waals surface area contributed by atoms with Crippen molar-refractivity contribution >= 4 is 39.9 Å². The molecule has 0 saturated heterocycles. The van der Waals surface area contributed by atoms with E-state index in [1.165, 1.54) is 18.2 Å². The Labute approximate surface area is 110 Å². The number of halogens is 1. The average molecular weight is 351 g/mol. The van der Waals surface area contributed by atoms with Gasteiger partial charge in [-0.1, -0.05) is 0 Å². The maximum Gasteiger partial charge on any atom is 0.270 e. The molecule has 0 aliphatic carbocycles. The summed E-state index contributed by atoms with van der Waals surface area (Å²) in [5.74, 6) is -0.825. The van der Waals surface area contributed by atoms with Crippen LogP contribution in [-0.2, 0) is 4.79 Å². The normalized spacial score (nSPS) is 11.9. The number of nitrogens with zero attached hydrogens (tertiary/aromatic N) is 1. The Bertz CT molecular complexity index is 452. The van der Waals surface area contributed by atoms with Gasteiger partial charge in [0, 0.05) is 27.9 Å². The van der Waals surface area contributed by atoms with Gasteiger partial charge in [0.2, 0.25) is 5.91 Å². The first-order valence-corrected chi connectivity index (χ1v) is 5.65. The van der Waals surface area contributed by atoms with Crippen molar-refractivity contribution in [1.82, 2.24) is 0 Å². The van der Waals surface area contributed by atoms with E-state index < -0.39 is 16.9 Å². The van der Waals surface area contributed by atoms with Gasteiger partial charge in [-0.05, 0) is 28.7 Å². The third kappa shape index (κ3) is 3.82. The molecule has 0 fully saturated rings. The fourth-order valence-electron chi connectivity index (χ4n) is 1.07. The molecular formula is C9H10IN3O4. The third-order valence-corrected chi connectivity index (χ3v) is 2.87. The van der Waals surface area contributed by atoms with Gasteiger partial charge in [-0.2, -0.15) is 0 Å². The first kappa shape index (κ1) is 13.6.